The zero-order chi connectivity index (χ0) is 15.6. The van der Waals surface area contributed by atoms with Gasteiger partial charge in [0.1, 0.15) is 0 Å². The molecule has 0 fully saturated rings. The number of nitrogens with one attached hydrogen (secondary N) is 1. The van der Waals surface area contributed by atoms with Crippen molar-refractivity contribution in [1.29, 1.82) is 0 Å². The lowest BCUT2D eigenvalue weighted by atomic mass is 10.2. The first-order valence-electron chi connectivity index (χ1n) is 5.65. The van der Waals surface area contributed by atoms with E-state index in [1.807, 2.05) is 0 Å². The number of hydrogen-bond donors (Lipinski definition) is 1. The predicted molar refractivity (Wildman–Crippen MR) is 68.3 cm³/mol. The van der Waals surface area contributed by atoms with Crippen molar-refractivity contribution in [2.45, 2.75) is 18.4 Å². The minimum absolute atomic E-state index is 0.135. The van der Waals surface area contributed by atoms with Crippen molar-refractivity contribution in [3.05, 3.63) is 51.7 Å². The van der Waals surface area contributed by atoms with Gasteiger partial charge in [0, 0.05) is 12.1 Å². The lowest BCUT2D eigenvalue weighted by molar-refractivity contribution is -0.387. The van der Waals surface area contributed by atoms with Crippen molar-refractivity contribution in [2.75, 3.05) is 0 Å². The Morgan fingerprint density at radius 2 is 2.19 bits per heavy atom. The molecule has 0 spiro atoms. The molecule has 0 atom stereocenters. The van der Waals surface area contributed by atoms with Crippen LogP contribution in [0.15, 0.2) is 33.8 Å². The van der Waals surface area contributed by atoms with Crippen molar-refractivity contribution in [1.82, 2.24) is 9.88 Å². The Morgan fingerprint density at radius 1 is 1.48 bits per heavy atom. The monoisotopic (exact) mass is 315 g/mol. The lowest BCUT2D eigenvalue weighted by Crippen LogP contribution is -2.23. The largest absolute Gasteiger partial charge is 0.360 e. The molecule has 2 aromatic rings. The summed E-state index contributed by atoms with van der Waals surface area (Å²) < 4.78 is 44.6. The van der Waals surface area contributed by atoms with Gasteiger partial charge in [0.05, 0.1) is 22.6 Å². The van der Waals surface area contributed by atoms with E-state index in [1.165, 1.54) is 19.2 Å². The summed E-state index contributed by atoms with van der Waals surface area (Å²) in [6.07, 6.45) is 1.34. The van der Waals surface area contributed by atoms with Gasteiger partial charge in [-0.1, -0.05) is 5.16 Å². The lowest BCUT2D eigenvalue weighted by Gasteiger charge is -2.07. The van der Waals surface area contributed by atoms with Crippen LogP contribution in [0.4, 0.5) is 10.1 Å². The molecule has 10 heteroatoms. The van der Waals surface area contributed by atoms with Gasteiger partial charge in [-0.2, -0.15) is 4.39 Å². The van der Waals surface area contributed by atoms with Crippen molar-refractivity contribution in [2.24, 2.45) is 0 Å². The van der Waals surface area contributed by atoms with Crippen molar-refractivity contribution >= 4 is 15.7 Å². The van der Waals surface area contributed by atoms with Gasteiger partial charge in [0.25, 0.3) is 0 Å². The Labute approximate surface area is 118 Å². The molecule has 0 aliphatic rings. The molecule has 112 valence electrons. The highest BCUT2D eigenvalue weighted by atomic mass is 32.2. The van der Waals surface area contributed by atoms with Gasteiger partial charge < -0.3 is 4.52 Å². The van der Waals surface area contributed by atoms with Gasteiger partial charge in [-0.25, -0.2) is 13.1 Å². The number of aryl methyl sites for hydroxylation is 1. The molecule has 1 heterocycles. The number of nitrogens with zero attached hydrogens (tertiary/aromatic N) is 2. The summed E-state index contributed by atoms with van der Waals surface area (Å²) in [7, 11) is -4.04. The van der Waals surface area contributed by atoms with E-state index < -0.39 is 31.3 Å². The number of halogens is 1. The first-order valence-corrected chi connectivity index (χ1v) is 7.13. The van der Waals surface area contributed by atoms with Crippen LogP contribution in [0.25, 0.3) is 0 Å². The van der Waals surface area contributed by atoms with Crippen molar-refractivity contribution in [3.8, 4) is 0 Å². The maximum absolute atomic E-state index is 13.5. The molecule has 0 bridgehead atoms. The summed E-state index contributed by atoms with van der Waals surface area (Å²) in [6.45, 7) is 1.07. The van der Waals surface area contributed by atoms with E-state index in [1.54, 1.807) is 0 Å². The maximum atomic E-state index is 13.5. The molecule has 1 N–H and O–H groups in total. The zero-order valence-corrected chi connectivity index (χ0v) is 11.6. The topological polar surface area (TPSA) is 115 Å². The third kappa shape index (κ3) is 3.23. The molecular formula is C11H10FN3O5S. The van der Waals surface area contributed by atoms with Gasteiger partial charge in [0.2, 0.25) is 15.8 Å². The normalized spacial score (nSPS) is 11.5. The number of benzene rings is 1. The first kappa shape index (κ1) is 15.1. The van der Waals surface area contributed by atoms with E-state index in [0.717, 1.165) is 6.07 Å². The second-order valence-corrected chi connectivity index (χ2v) is 5.90. The molecule has 8 nitrogen and oxygen atoms in total. The minimum Gasteiger partial charge on any atom is -0.360 e. The van der Waals surface area contributed by atoms with Gasteiger partial charge in [-0.3, -0.25) is 10.1 Å². The van der Waals surface area contributed by atoms with Crippen molar-refractivity contribution in [3.63, 3.8) is 0 Å². The van der Waals surface area contributed by atoms with Crippen LogP contribution >= 0.6 is 0 Å². The summed E-state index contributed by atoms with van der Waals surface area (Å²) in [5.41, 5.74) is -1.03. The van der Waals surface area contributed by atoms with Crippen LogP contribution in [0.3, 0.4) is 0 Å². The Morgan fingerprint density at radius 3 is 2.76 bits per heavy atom. The highest BCUT2D eigenvalue weighted by molar-refractivity contribution is 7.89. The molecule has 1 aromatic carbocycles. The van der Waals surface area contributed by atoms with Gasteiger partial charge in [0.15, 0.2) is 5.76 Å². The van der Waals surface area contributed by atoms with Crippen LogP contribution in [0.1, 0.15) is 11.3 Å². The molecule has 0 aliphatic carbocycles. The van der Waals surface area contributed by atoms with E-state index in [0.29, 0.717) is 6.07 Å². The second-order valence-electron chi connectivity index (χ2n) is 4.13. The fraction of sp³-hybridized carbons (Fsp3) is 0.182. The summed E-state index contributed by atoms with van der Waals surface area (Å²) in [6, 6.07) is 3.15. The van der Waals surface area contributed by atoms with E-state index in [-0.39, 0.29) is 17.9 Å². The number of rotatable bonds is 5. The van der Waals surface area contributed by atoms with Crippen LogP contribution in [-0.4, -0.2) is 18.5 Å². The number of nitro benzene ring substituents is 1. The Hall–Kier alpha value is -2.33. The van der Waals surface area contributed by atoms with E-state index in [4.69, 9.17) is 4.52 Å². The average molecular weight is 315 g/mol. The highest BCUT2D eigenvalue weighted by Gasteiger charge is 2.23. The van der Waals surface area contributed by atoms with E-state index >= 15 is 0 Å². The maximum Gasteiger partial charge on any atom is 0.306 e. The van der Waals surface area contributed by atoms with Crippen LogP contribution in [0.5, 0.6) is 0 Å². The molecular weight excluding hydrogens is 305 g/mol. The molecule has 0 saturated heterocycles. The number of sulfonamides is 1. The predicted octanol–water partition coefficient (Wildman–Crippen LogP) is 1.51. The second kappa shape index (κ2) is 5.58. The van der Waals surface area contributed by atoms with Crippen LogP contribution < -0.4 is 4.72 Å². The van der Waals surface area contributed by atoms with Crippen LogP contribution in [0.2, 0.25) is 0 Å². The summed E-state index contributed by atoms with van der Waals surface area (Å²) in [4.78, 5) is 9.35. The molecule has 0 radical (unpaired) electrons. The molecule has 21 heavy (non-hydrogen) atoms. The number of nitro groups is 1. The summed E-state index contributed by atoms with van der Waals surface area (Å²) >= 11 is 0. The fourth-order valence-corrected chi connectivity index (χ4v) is 2.69. The molecule has 0 unspecified atom stereocenters. The van der Waals surface area contributed by atoms with Crippen LogP contribution in [0, 0.1) is 22.9 Å². The van der Waals surface area contributed by atoms with E-state index in [2.05, 4.69) is 9.88 Å². The number of aromatic nitrogens is 1. The van der Waals surface area contributed by atoms with Gasteiger partial charge in [-0.05, 0) is 18.6 Å². The van der Waals surface area contributed by atoms with Gasteiger partial charge in [-0.15, -0.1) is 0 Å². The highest BCUT2D eigenvalue weighted by Crippen LogP contribution is 2.25. The minimum atomic E-state index is -4.04. The van der Waals surface area contributed by atoms with E-state index in [9.17, 15) is 22.9 Å². The molecule has 2 rings (SSSR count). The molecule has 0 amide bonds. The first-order chi connectivity index (χ1) is 9.81. The zero-order valence-electron chi connectivity index (χ0n) is 10.7. The summed E-state index contributed by atoms with van der Waals surface area (Å²) in [5.74, 6) is -0.791. The molecule has 0 saturated carbocycles. The quantitative estimate of drug-likeness (QED) is 0.660. The SMILES string of the molecule is Cc1cc(S(=O)(=O)NCc2ccno2)cc([N+](=O)[O-])c1F. The molecule has 1 aromatic heterocycles. The average Bonchev–Trinajstić information content (AvgIpc) is 2.92. The third-order valence-corrected chi connectivity index (χ3v) is 4.02. The Balaban J connectivity index is 2.33. The Kier molecular flexibility index (Phi) is 4.00. The third-order valence-electron chi connectivity index (χ3n) is 2.64. The van der Waals surface area contributed by atoms with Crippen molar-refractivity contribution < 1.29 is 22.3 Å². The smallest absolute Gasteiger partial charge is 0.306 e. The Bertz CT molecular complexity index is 773. The van der Waals surface area contributed by atoms with Crippen LogP contribution in [-0.2, 0) is 16.6 Å². The number of hydrogen-bond acceptors (Lipinski definition) is 6. The fourth-order valence-electron chi connectivity index (χ4n) is 1.59. The molecule has 0 aliphatic heterocycles. The van der Waals surface area contributed by atoms with Gasteiger partial charge >= 0.3 is 5.69 Å². The summed E-state index contributed by atoms with van der Waals surface area (Å²) in [5, 5.41) is 14.1. The standard InChI is InChI=1S/C11H10FN3O5S/c1-7-4-9(5-10(11(7)12)15(16)17)21(18,19)14-6-8-2-3-13-20-8/h2-5,14H,6H2,1H3.